The van der Waals surface area contributed by atoms with E-state index in [1.807, 2.05) is 38.2 Å². The van der Waals surface area contributed by atoms with Crippen molar-refractivity contribution in [2.24, 2.45) is 5.92 Å². The van der Waals surface area contributed by atoms with E-state index >= 15 is 0 Å². The first-order valence-corrected chi connectivity index (χ1v) is 6.96. The Kier molecular flexibility index (Phi) is 5.05. The van der Waals surface area contributed by atoms with Crippen LogP contribution < -0.4 is 5.32 Å². The molecule has 2 rings (SSSR count). The number of aliphatic hydroxyl groups is 1. The van der Waals surface area contributed by atoms with Crippen molar-refractivity contribution in [3.05, 3.63) is 42.4 Å². The first-order valence-electron chi connectivity index (χ1n) is 6.96. The van der Waals surface area contributed by atoms with Gasteiger partial charge in [0.25, 0.3) is 0 Å². The summed E-state index contributed by atoms with van der Waals surface area (Å²) in [4.78, 5) is 16.0. The van der Waals surface area contributed by atoms with E-state index in [1.165, 1.54) is 0 Å². The molecule has 2 N–H and O–H groups in total. The molecule has 2 aromatic rings. The van der Waals surface area contributed by atoms with Gasteiger partial charge in [-0.05, 0) is 29.7 Å². The highest BCUT2D eigenvalue weighted by Crippen LogP contribution is 2.07. The van der Waals surface area contributed by atoms with Gasteiger partial charge < -0.3 is 10.4 Å². The molecule has 21 heavy (non-hydrogen) atoms. The Labute approximate surface area is 123 Å². The largest absolute Gasteiger partial charge is 0.392 e. The molecular weight excluding hydrogens is 268 g/mol. The van der Waals surface area contributed by atoms with Crippen LogP contribution >= 0.6 is 0 Å². The minimum absolute atomic E-state index is 0.0723. The van der Waals surface area contributed by atoms with E-state index in [1.54, 1.807) is 17.1 Å². The van der Waals surface area contributed by atoms with Crippen molar-refractivity contribution < 1.29 is 9.90 Å². The van der Waals surface area contributed by atoms with Gasteiger partial charge in [-0.3, -0.25) is 4.79 Å². The van der Waals surface area contributed by atoms with Gasteiger partial charge in [0.2, 0.25) is 5.91 Å². The third kappa shape index (κ3) is 4.39. The fraction of sp³-hybridized carbons (Fsp3) is 0.400. The standard InChI is InChI=1S/C15H20N4O2/c1-11(2)13(20)9-15(21)17-10-12-4-6-16-14(8-12)19-7-3-5-18-19/h3-8,11,13,20H,9-10H2,1-2H3,(H,17,21). The molecule has 0 fully saturated rings. The molecule has 6 heteroatoms. The normalized spacial score (nSPS) is 12.4. The number of hydrogen-bond donors (Lipinski definition) is 2. The number of amides is 1. The number of aromatic nitrogens is 3. The summed E-state index contributed by atoms with van der Waals surface area (Å²) < 4.78 is 1.66. The van der Waals surface area contributed by atoms with Gasteiger partial charge in [0, 0.05) is 25.1 Å². The monoisotopic (exact) mass is 288 g/mol. The summed E-state index contributed by atoms with van der Waals surface area (Å²) in [6.07, 6.45) is 4.69. The van der Waals surface area contributed by atoms with E-state index in [0.717, 1.165) is 5.56 Å². The maximum Gasteiger partial charge on any atom is 0.222 e. The number of nitrogens with zero attached hydrogens (tertiary/aromatic N) is 3. The van der Waals surface area contributed by atoms with Gasteiger partial charge in [-0.15, -0.1) is 0 Å². The SMILES string of the molecule is CC(C)C(O)CC(=O)NCc1ccnc(-n2cccn2)c1. The number of carbonyl (C=O) groups is 1. The number of pyridine rings is 1. The van der Waals surface area contributed by atoms with Gasteiger partial charge in [0.15, 0.2) is 5.82 Å². The minimum Gasteiger partial charge on any atom is -0.392 e. The molecule has 0 aromatic carbocycles. The lowest BCUT2D eigenvalue weighted by atomic mass is 10.0. The van der Waals surface area contributed by atoms with Crippen molar-refractivity contribution in [1.29, 1.82) is 0 Å². The Hall–Kier alpha value is -2.21. The smallest absolute Gasteiger partial charge is 0.222 e. The Bertz CT molecular complexity index is 581. The lowest BCUT2D eigenvalue weighted by Crippen LogP contribution is -2.29. The third-order valence-electron chi connectivity index (χ3n) is 3.20. The second-order valence-corrected chi connectivity index (χ2v) is 5.27. The molecule has 0 aliphatic carbocycles. The summed E-state index contributed by atoms with van der Waals surface area (Å²) >= 11 is 0. The Morgan fingerprint density at radius 1 is 1.43 bits per heavy atom. The molecule has 0 saturated carbocycles. The van der Waals surface area contributed by atoms with Crippen LogP contribution in [0, 0.1) is 5.92 Å². The van der Waals surface area contributed by atoms with Crippen molar-refractivity contribution >= 4 is 5.91 Å². The van der Waals surface area contributed by atoms with Gasteiger partial charge in [-0.2, -0.15) is 5.10 Å². The van der Waals surface area contributed by atoms with Crippen molar-refractivity contribution in [2.45, 2.75) is 32.9 Å². The minimum atomic E-state index is -0.609. The summed E-state index contributed by atoms with van der Waals surface area (Å²) in [7, 11) is 0. The number of hydrogen-bond acceptors (Lipinski definition) is 4. The molecular formula is C15H20N4O2. The van der Waals surface area contributed by atoms with Crippen molar-refractivity contribution in [3.8, 4) is 5.82 Å². The average Bonchev–Trinajstić information content (AvgIpc) is 2.99. The van der Waals surface area contributed by atoms with Crippen LogP contribution in [-0.2, 0) is 11.3 Å². The van der Waals surface area contributed by atoms with E-state index in [0.29, 0.717) is 12.4 Å². The van der Waals surface area contributed by atoms with Crippen molar-refractivity contribution in [2.75, 3.05) is 0 Å². The number of rotatable bonds is 6. The van der Waals surface area contributed by atoms with Crippen LogP contribution in [0.25, 0.3) is 5.82 Å². The zero-order valence-corrected chi connectivity index (χ0v) is 12.2. The Morgan fingerprint density at radius 3 is 2.90 bits per heavy atom. The van der Waals surface area contributed by atoms with E-state index < -0.39 is 6.10 Å². The molecule has 6 nitrogen and oxygen atoms in total. The lowest BCUT2D eigenvalue weighted by Gasteiger charge is -2.14. The maximum atomic E-state index is 11.7. The predicted octanol–water partition coefficient (Wildman–Crippen LogP) is 1.29. The van der Waals surface area contributed by atoms with Crippen LogP contribution in [0.3, 0.4) is 0 Å². The van der Waals surface area contributed by atoms with Crippen LogP contribution in [0.2, 0.25) is 0 Å². The van der Waals surface area contributed by atoms with Crippen LogP contribution in [0.15, 0.2) is 36.8 Å². The molecule has 0 spiro atoms. The summed E-state index contributed by atoms with van der Waals surface area (Å²) in [5.41, 5.74) is 0.933. The molecule has 0 aliphatic rings. The van der Waals surface area contributed by atoms with Crippen LogP contribution in [0.4, 0.5) is 0 Å². The summed E-state index contributed by atoms with van der Waals surface area (Å²) in [6.45, 7) is 4.18. The Morgan fingerprint density at radius 2 is 2.24 bits per heavy atom. The zero-order valence-electron chi connectivity index (χ0n) is 12.2. The molecule has 0 radical (unpaired) electrons. The molecule has 2 heterocycles. The first kappa shape index (κ1) is 15.2. The topological polar surface area (TPSA) is 80.0 Å². The number of nitrogens with one attached hydrogen (secondary N) is 1. The fourth-order valence-electron chi connectivity index (χ4n) is 1.80. The molecule has 0 aliphatic heterocycles. The van der Waals surface area contributed by atoms with Gasteiger partial charge in [0.1, 0.15) is 0 Å². The quantitative estimate of drug-likeness (QED) is 0.839. The van der Waals surface area contributed by atoms with Crippen LogP contribution in [-0.4, -0.2) is 31.9 Å². The average molecular weight is 288 g/mol. The van der Waals surface area contributed by atoms with Crippen molar-refractivity contribution in [1.82, 2.24) is 20.1 Å². The second kappa shape index (κ2) is 6.99. The van der Waals surface area contributed by atoms with Gasteiger partial charge >= 0.3 is 0 Å². The van der Waals surface area contributed by atoms with Crippen LogP contribution in [0.5, 0.6) is 0 Å². The molecule has 1 amide bonds. The predicted molar refractivity (Wildman–Crippen MR) is 78.7 cm³/mol. The van der Waals surface area contributed by atoms with Gasteiger partial charge in [-0.25, -0.2) is 9.67 Å². The first-order chi connectivity index (χ1) is 10.1. The lowest BCUT2D eigenvalue weighted by molar-refractivity contribution is -0.123. The number of aliphatic hydroxyl groups excluding tert-OH is 1. The molecule has 2 aromatic heterocycles. The number of carbonyl (C=O) groups excluding carboxylic acids is 1. The molecule has 1 atom stereocenters. The maximum absolute atomic E-state index is 11.7. The molecule has 0 bridgehead atoms. The van der Waals surface area contributed by atoms with Crippen LogP contribution in [0.1, 0.15) is 25.8 Å². The van der Waals surface area contributed by atoms with Crippen molar-refractivity contribution in [3.63, 3.8) is 0 Å². The summed E-state index contributed by atoms with van der Waals surface area (Å²) in [5, 5.41) is 16.6. The highest BCUT2D eigenvalue weighted by Gasteiger charge is 2.14. The Balaban J connectivity index is 1.92. The summed E-state index contributed by atoms with van der Waals surface area (Å²) in [6, 6.07) is 5.53. The van der Waals surface area contributed by atoms with E-state index in [4.69, 9.17) is 0 Å². The van der Waals surface area contributed by atoms with E-state index in [9.17, 15) is 9.90 Å². The van der Waals surface area contributed by atoms with E-state index in [2.05, 4.69) is 15.4 Å². The van der Waals surface area contributed by atoms with Gasteiger partial charge in [0.05, 0.1) is 12.5 Å². The molecule has 1 unspecified atom stereocenters. The molecule has 0 saturated heterocycles. The summed E-state index contributed by atoms with van der Waals surface area (Å²) in [5.74, 6) is 0.616. The second-order valence-electron chi connectivity index (χ2n) is 5.27. The fourth-order valence-corrected chi connectivity index (χ4v) is 1.80. The zero-order chi connectivity index (χ0) is 15.2. The third-order valence-corrected chi connectivity index (χ3v) is 3.20. The van der Waals surface area contributed by atoms with E-state index in [-0.39, 0.29) is 18.2 Å². The highest BCUT2D eigenvalue weighted by molar-refractivity contribution is 5.76. The highest BCUT2D eigenvalue weighted by atomic mass is 16.3. The molecule has 112 valence electrons. The van der Waals surface area contributed by atoms with Gasteiger partial charge in [-0.1, -0.05) is 13.8 Å².